The van der Waals surface area contributed by atoms with E-state index in [-0.39, 0.29) is 10.6 Å². The summed E-state index contributed by atoms with van der Waals surface area (Å²) >= 11 is 1.38. The average Bonchev–Trinajstić information content (AvgIpc) is 3.22. The molecule has 2 N–H and O–H groups in total. The van der Waals surface area contributed by atoms with Crippen LogP contribution in [0.3, 0.4) is 0 Å². The number of sulfonamides is 1. The van der Waals surface area contributed by atoms with Crippen molar-refractivity contribution in [2.24, 2.45) is 5.14 Å². The van der Waals surface area contributed by atoms with E-state index in [0.717, 1.165) is 11.3 Å². The highest BCUT2D eigenvalue weighted by atomic mass is 32.2. The summed E-state index contributed by atoms with van der Waals surface area (Å²) in [6.07, 6.45) is 0. The highest BCUT2D eigenvalue weighted by Crippen LogP contribution is 2.28. The molecule has 0 saturated heterocycles. The largest absolute Gasteiger partial charge is 0.269 e. The van der Waals surface area contributed by atoms with Gasteiger partial charge in [-0.1, -0.05) is 0 Å². The first-order valence-electron chi connectivity index (χ1n) is 7.55. The van der Waals surface area contributed by atoms with Crippen LogP contribution in [0.1, 0.15) is 0 Å². The van der Waals surface area contributed by atoms with Gasteiger partial charge in [-0.3, -0.25) is 10.1 Å². The molecule has 0 radical (unpaired) electrons. The van der Waals surface area contributed by atoms with Crippen molar-refractivity contribution in [1.82, 2.24) is 14.6 Å². The van der Waals surface area contributed by atoms with Crippen LogP contribution in [0.2, 0.25) is 0 Å². The van der Waals surface area contributed by atoms with Crippen molar-refractivity contribution >= 4 is 32.0 Å². The summed E-state index contributed by atoms with van der Waals surface area (Å²) in [4.78, 5) is 15.4. The first-order chi connectivity index (χ1) is 12.8. The van der Waals surface area contributed by atoms with Gasteiger partial charge in [0.15, 0.2) is 5.82 Å². The third-order valence-corrected chi connectivity index (χ3v) is 5.64. The standard InChI is InChI=1S/C16H11N5O4S2/c17-27(24,25)13-7-3-11(4-8-13)15-18-16-20(19-15)14(9-26-16)10-1-5-12(6-2-10)21(22)23/h1-9H,(H2,17,24,25). The molecule has 0 spiro atoms. The third-order valence-electron chi connectivity index (χ3n) is 3.90. The fourth-order valence-electron chi connectivity index (χ4n) is 2.55. The van der Waals surface area contributed by atoms with E-state index in [1.54, 1.807) is 28.8 Å². The minimum atomic E-state index is -3.76. The molecule has 2 heterocycles. The summed E-state index contributed by atoms with van der Waals surface area (Å²) in [6.45, 7) is 0. The number of nitro groups is 1. The first kappa shape index (κ1) is 17.3. The summed E-state index contributed by atoms with van der Waals surface area (Å²) < 4.78 is 24.3. The van der Waals surface area contributed by atoms with Gasteiger partial charge in [-0.05, 0) is 36.4 Å². The van der Waals surface area contributed by atoms with Crippen LogP contribution in [0.15, 0.2) is 58.8 Å². The van der Waals surface area contributed by atoms with E-state index in [1.807, 2.05) is 5.38 Å². The van der Waals surface area contributed by atoms with Crippen molar-refractivity contribution in [2.75, 3.05) is 0 Å². The highest BCUT2D eigenvalue weighted by Gasteiger charge is 2.15. The molecule has 4 rings (SSSR count). The van der Waals surface area contributed by atoms with Crippen LogP contribution >= 0.6 is 11.3 Å². The Bertz CT molecular complexity index is 1260. The zero-order chi connectivity index (χ0) is 19.2. The van der Waals surface area contributed by atoms with E-state index >= 15 is 0 Å². The van der Waals surface area contributed by atoms with Crippen LogP contribution in [0.5, 0.6) is 0 Å². The van der Waals surface area contributed by atoms with Crippen molar-refractivity contribution in [1.29, 1.82) is 0 Å². The molecule has 27 heavy (non-hydrogen) atoms. The molecule has 0 bridgehead atoms. The summed E-state index contributed by atoms with van der Waals surface area (Å²) in [5.41, 5.74) is 2.19. The Morgan fingerprint density at radius 1 is 1.04 bits per heavy atom. The van der Waals surface area contributed by atoms with Crippen molar-refractivity contribution in [3.05, 3.63) is 64.0 Å². The number of rotatable bonds is 4. The van der Waals surface area contributed by atoms with Gasteiger partial charge in [-0.2, -0.15) is 4.98 Å². The summed E-state index contributed by atoms with van der Waals surface area (Å²) in [6, 6.07) is 12.2. The predicted octanol–water partition coefficient (Wildman–Crippen LogP) is 2.68. The minimum absolute atomic E-state index is 0.0128. The van der Waals surface area contributed by atoms with Gasteiger partial charge in [-0.25, -0.2) is 18.1 Å². The molecule has 0 unspecified atom stereocenters. The Morgan fingerprint density at radius 3 is 2.26 bits per heavy atom. The average molecular weight is 401 g/mol. The lowest BCUT2D eigenvalue weighted by Crippen LogP contribution is -2.11. The number of fused-ring (bicyclic) bond motifs is 1. The molecule has 0 aliphatic rings. The first-order valence-corrected chi connectivity index (χ1v) is 9.98. The van der Waals surface area contributed by atoms with Crippen molar-refractivity contribution in [3.63, 3.8) is 0 Å². The number of nitrogens with two attached hydrogens (primary N) is 1. The number of nitro benzene ring substituents is 1. The molecule has 0 aliphatic carbocycles. The number of hydrogen-bond donors (Lipinski definition) is 1. The molecule has 2 aromatic heterocycles. The van der Waals surface area contributed by atoms with E-state index in [4.69, 9.17) is 5.14 Å². The van der Waals surface area contributed by atoms with Gasteiger partial charge in [0.25, 0.3) is 5.69 Å². The van der Waals surface area contributed by atoms with Gasteiger partial charge < -0.3 is 0 Å². The molecule has 4 aromatic rings. The normalized spacial score (nSPS) is 11.7. The second-order valence-corrected chi connectivity index (χ2v) is 8.02. The van der Waals surface area contributed by atoms with Gasteiger partial charge in [0, 0.05) is 28.6 Å². The minimum Gasteiger partial charge on any atom is -0.258 e. The molecule has 0 amide bonds. The van der Waals surface area contributed by atoms with E-state index in [1.165, 1.54) is 35.6 Å². The molecule has 11 heteroatoms. The highest BCUT2D eigenvalue weighted by molar-refractivity contribution is 7.89. The molecule has 0 atom stereocenters. The van der Waals surface area contributed by atoms with E-state index in [0.29, 0.717) is 16.3 Å². The second-order valence-electron chi connectivity index (χ2n) is 5.62. The Balaban J connectivity index is 1.73. The lowest BCUT2D eigenvalue weighted by Gasteiger charge is -2.00. The van der Waals surface area contributed by atoms with Gasteiger partial charge in [0.1, 0.15) is 0 Å². The van der Waals surface area contributed by atoms with Crippen LogP contribution in [0, 0.1) is 10.1 Å². The van der Waals surface area contributed by atoms with Gasteiger partial charge in [0.05, 0.1) is 15.5 Å². The number of non-ortho nitro benzene ring substituents is 1. The second kappa shape index (κ2) is 6.23. The van der Waals surface area contributed by atoms with Crippen LogP contribution in [-0.4, -0.2) is 27.9 Å². The van der Waals surface area contributed by atoms with Crippen LogP contribution < -0.4 is 5.14 Å². The van der Waals surface area contributed by atoms with E-state index < -0.39 is 14.9 Å². The molecular weight excluding hydrogens is 390 g/mol. The Hall–Kier alpha value is -3.15. The van der Waals surface area contributed by atoms with Gasteiger partial charge in [0.2, 0.25) is 15.0 Å². The van der Waals surface area contributed by atoms with Gasteiger partial charge in [-0.15, -0.1) is 16.4 Å². The van der Waals surface area contributed by atoms with Crippen molar-refractivity contribution in [2.45, 2.75) is 4.90 Å². The fourth-order valence-corrected chi connectivity index (χ4v) is 3.90. The number of benzene rings is 2. The number of thiazole rings is 1. The predicted molar refractivity (Wildman–Crippen MR) is 99.8 cm³/mol. The lowest BCUT2D eigenvalue weighted by atomic mass is 10.1. The van der Waals surface area contributed by atoms with E-state index in [2.05, 4.69) is 10.1 Å². The number of nitrogens with zero attached hydrogens (tertiary/aromatic N) is 4. The smallest absolute Gasteiger partial charge is 0.258 e. The molecule has 0 saturated carbocycles. The topological polar surface area (TPSA) is 133 Å². The molecule has 9 nitrogen and oxygen atoms in total. The van der Waals surface area contributed by atoms with Crippen LogP contribution in [0.25, 0.3) is 27.6 Å². The molecule has 136 valence electrons. The van der Waals surface area contributed by atoms with Crippen LogP contribution in [-0.2, 0) is 10.0 Å². The maximum atomic E-state index is 11.3. The molecular formula is C16H11N5O4S2. The maximum absolute atomic E-state index is 11.3. The molecule has 0 aliphatic heterocycles. The number of hydrogen-bond acceptors (Lipinski definition) is 7. The quantitative estimate of drug-likeness (QED) is 0.413. The van der Waals surface area contributed by atoms with Crippen molar-refractivity contribution < 1.29 is 13.3 Å². The Morgan fingerprint density at radius 2 is 1.67 bits per heavy atom. The molecule has 0 fully saturated rings. The Labute approximate surface area is 156 Å². The zero-order valence-corrected chi connectivity index (χ0v) is 15.1. The summed E-state index contributed by atoms with van der Waals surface area (Å²) in [7, 11) is -3.76. The monoisotopic (exact) mass is 401 g/mol. The SMILES string of the molecule is NS(=O)(=O)c1ccc(-c2nc3scc(-c4ccc([N+](=O)[O-])cc4)n3n2)cc1. The zero-order valence-electron chi connectivity index (χ0n) is 13.5. The van der Waals surface area contributed by atoms with E-state index in [9.17, 15) is 18.5 Å². The Kier molecular flexibility index (Phi) is 3.98. The lowest BCUT2D eigenvalue weighted by molar-refractivity contribution is -0.384. The number of primary sulfonamides is 1. The van der Waals surface area contributed by atoms with Crippen molar-refractivity contribution in [3.8, 4) is 22.6 Å². The van der Waals surface area contributed by atoms with Crippen LogP contribution in [0.4, 0.5) is 5.69 Å². The summed E-state index contributed by atoms with van der Waals surface area (Å²) in [5.74, 6) is 0.436. The molecule has 2 aromatic carbocycles. The summed E-state index contributed by atoms with van der Waals surface area (Å²) in [5, 5.41) is 22.2. The number of aromatic nitrogens is 3. The third kappa shape index (κ3) is 3.18. The van der Waals surface area contributed by atoms with Gasteiger partial charge >= 0.3 is 0 Å². The fraction of sp³-hybridized carbons (Fsp3) is 0. The maximum Gasteiger partial charge on any atom is 0.269 e.